The average Bonchev–Trinajstić information content (AvgIpc) is 2.97. The van der Waals surface area contributed by atoms with Gasteiger partial charge in [0.05, 0.1) is 6.54 Å². The average molecular weight is 321 g/mol. The maximum Gasteiger partial charge on any atom is 0.193 e. The number of guanidine groups is 1. The number of aryl methyl sites for hydroxylation is 1. The Morgan fingerprint density at radius 1 is 1.43 bits per heavy atom. The normalized spacial score (nSPS) is 17.5. The highest BCUT2D eigenvalue weighted by Gasteiger charge is 2.18. The molecule has 2 heterocycles. The van der Waals surface area contributed by atoms with Gasteiger partial charge in [0.25, 0.3) is 0 Å². The van der Waals surface area contributed by atoms with E-state index in [1.165, 1.54) is 38.9 Å². The minimum atomic E-state index is 0.699. The first-order chi connectivity index (χ1) is 11.1. The van der Waals surface area contributed by atoms with Crippen molar-refractivity contribution in [2.45, 2.75) is 32.7 Å². The fourth-order valence-corrected chi connectivity index (χ4v) is 3.11. The molecule has 1 aromatic heterocycles. The molecular formula is C16H31N7. The van der Waals surface area contributed by atoms with Crippen LogP contribution in [0.3, 0.4) is 0 Å². The van der Waals surface area contributed by atoms with Crippen molar-refractivity contribution in [3.63, 3.8) is 0 Å². The third kappa shape index (κ3) is 5.20. The molecular weight excluding hydrogens is 290 g/mol. The molecule has 1 aromatic rings. The van der Waals surface area contributed by atoms with E-state index in [1.54, 1.807) is 11.0 Å². The quantitative estimate of drug-likeness (QED) is 0.624. The summed E-state index contributed by atoms with van der Waals surface area (Å²) in [4.78, 5) is 13.3. The molecule has 1 N–H and O–H groups in total. The van der Waals surface area contributed by atoms with E-state index in [-0.39, 0.29) is 0 Å². The molecule has 7 heteroatoms. The van der Waals surface area contributed by atoms with Crippen LogP contribution in [0.4, 0.5) is 0 Å². The number of nitrogens with zero attached hydrogens (tertiary/aromatic N) is 6. The van der Waals surface area contributed by atoms with Crippen LogP contribution in [0.15, 0.2) is 11.3 Å². The van der Waals surface area contributed by atoms with E-state index in [0.29, 0.717) is 6.54 Å². The first-order valence-corrected chi connectivity index (χ1v) is 8.61. The smallest absolute Gasteiger partial charge is 0.193 e. The number of rotatable bonds is 6. The molecule has 0 amide bonds. The van der Waals surface area contributed by atoms with Gasteiger partial charge in [-0.05, 0) is 44.8 Å². The van der Waals surface area contributed by atoms with E-state index >= 15 is 0 Å². The zero-order chi connectivity index (χ0) is 16.7. The number of nitrogens with one attached hydrogen (secondary N) is 1. The number of aliphatic imine (C=N–C) groups is 1. The summed E-state index contributed by atoms with van der Waals surface area (Å²) in [7, 11) is 5.77. The van der Waals surface area contributed by atoms with Crippen LogP contribution in [-0.4, -0.2) is 70.8 Å². The van der Waals surface area contributed by atoms with E-state index in [2.05, 4.69) is 37.1 Å². The summed E-state index contributed by atoms with van der Waals surface area (Å²) in [6, 6.07) is 0. The molecule has 1 fully saturated rings. The Labute approximate surface area is 139 Å². The Morgan fingerprint density at radius 2 is 2.17 bits per heavy atom. The molecule has 0 bridgehead atoms. The van der Waals surface area contributed by atoms with Gasteiger partial charge in [-0.15, -0.1) is 0 Å². The summed E-state index contributed by atoms with van der Waals surface area (Å²) in [5.41, 5.74) is 0. The molecule has 1 saturated heterocycles. The molecule has 1 aliphatic rings. The predicted octanol–water partition coefficient (Wildman–Crippen LogP) is 0.944. The molecule has 0 atom stereocenters. The van der Waals surface area contributed by atoms with Gasteiger partial charge in [0.1, 0.15) is 12.2 Å². The summed E-state index contributed by atoms with van der Waals surface area (Å²) in [5.74, 6) is 2.69. The zero-order valence-electron chi connectivity index (χ0n) is 15.0. The molecule has 0 spiro atoms. The summed E-state index contributed by atoms with van der Waals surface area (Å²) >= 11 is 0. The second-order valence-corrected chi connectivity index (χ2v) is 6.30. The lowest BCUT2D eigenvalue weighted by atomic mass is 9.93. The van der Waals surface area contributed by atoms with Gasteiger partial charge in [-0.25, -0.2) is 4.98 Å². The van der Waals surface area contributed by atoms with Gasteiger partial charge in [0.15, 0.2) is 5.96 Å². The van der Waals surface area contributed by atoms with Gasteiger partial charge in [0.2, 0.25) is 0 Å². The summed E-state index contributed by atoms with van der Waals surface area (Å²) in [6.45, 7) is 7.62. The molecule has 130 valence electrons. The van der Waals surface area contributed by atoms with Crippen molar-refractivity contribution in [2.24, 2.45) is 18.0 Å². The van der Waals surface area contributed by atoms with Crippen molar-refractivity contribution < 1.29 is 0 Å². The lowest BCUT2D eigenvalue weighted by Crippen LogP contribution is -2.40. The number of hydrogen-bond donors (Lipinski definition) is 1. The Morgan fingerprint density at radius 3 is 2.74 bits per heavy atom. The first kappa shape index (κ1) is 17.7. The van der Waals surface area contributed by atoms with Crippen LogP contribution in [0, 0.1) is 5.92 Å². The monoisotopic (exact) mass is 321 g/mol. The fourth-order valence-electron chi connectivity index (χ4n) is 3.11. The van der Waals surface area contributed by atoms with E-state index in [0.717, 1.165) is 24.2 Å². The molecule has 23 heavy (non-hydrogen) atoms. The van der Waals surface area contributed by atoms with Gasteiger partial charge in [-0.1, -0.05) is 6.92 Å². The van der Waals surface area contributed by atoms with Gasteiger partial charge in [-0.3, -0.25) is 9.67 Å². The molecule has 0 saturated carbocycles. The number of aromatic nitrogens is 3. The second-order valence-electron chi connectivity index (χ2n) is 6.30. The third-order valence-corrected chi connectivity index (χ3v) is 4.75. The van der Waals surface area contributed by atoms with Crippen molar-refractivity contribution >= 4 is 5.96 Å². The summed E-state index contributed by atoms with van der Waals surface area (Å²) in [6.07, 6.45) is 5.45. The highest BCUT2D eigenvalue weighted by atomic mass is 15.4. The van der Waals surface area contributed by atoms with Crippen LogP contribution in [0.2, 0.25) is 0 Å². The van der Waals surface area contributed by atoms with Gasteiger partial charge < -0.3 is 15.1 Å². The molecule has 2 rings (SSSR count). The van der Waals surface area contributed by atoms with Crippen molar-refractivity contribution in [1.82, 2.24) is 29.9 Å². The lowest BCUT2D eigenvalue weighted by molar-refractivity contribution is 0.187. The molecule has 0 aliphatic carbocycles. The molecule has 1 aliphatic heterocycles. The fraction of sp³-hybridized carbons (Fsp3) is 0.812. The van der Waals surface area contributed by atoms with Crippen molar-refractivity contribution in [1.29, 1.82) is 0 Å². The SMILES string of the molecule is CCN1CCC(CCNC(=NC)N(C)Cc2ncnn2C)CC1. The third-order valence-electron chi connectivity index (χ3n) is 4.75. The maximum atomic E-state index is 4.37. The second kappa shape index (κ2) is 8.86. The number of piperidine rings is 1. The van der Waals surface area contributed by atoms with Gasteiger partial charge in [0, 0.05) is 27.7 Å². The Bertz CT molecular complexity index is 488. The summed E-state index contributed by atoms with van der Waals surface area (Å²) < 4.78 is 1.80. The maximum absolute atomic E-state index is 4.37. The predicted molar refractivity (Wildman–Crippen MR) is 93.3 cm³/mol. The van der Waals surface area contributed by atoms with Crippen LogP contribution < -0.4 is 5.32 Å². The summed E-state index contributed by atoms with van der Waals surface area (Å²) in [5, 5.41) is 7.58. The lowest BCUT2D eigenvalue weighted by Gasteiger charge is -2.31. The van der Waals surface area contributed by atoms with Gasteiger partial charge >= 0.3 is 0 Å². The van der Waals surface area contributed by atoms with E-state index in [4.69, 9.17) is 0 Å². The van der Waals surface area contributed by atoms with Crippen LogP contribution in [0.25, 0.3) is 0 Å². The van der Waals surface area contributed by atoms with Crippen molar-refractivity contribution in [3.05, 3.63) is 12.2 Å². The largest absolute Gasteiger partial charge is 0.356 e. The van der Waals surface area contributed by atoms with Crippen LogP contribution in [-0.2, 0) is 13.6 Å². The van der Waals surface area contributed by atoms with Gasteiger partial charge in [-0.2, -0.15) is 5.10 Å². The highest BCUT2D eigenvalue weighted by molar-refractivity contribution is 5.79. The standard InChI is InChI=1S/C16H31N7/c1-5-23-10-7-14(8-11-23)6-9-18-16(17-2)21(3)12-15-19-13-20-22(15)4/h13-14H,5-12H2,1-4H3,(H,17,18). The molecule has 7 nitrogen and oxygen atoms in total. The highest BCUT2D eigenvalue weighted by Crippen LogP contribution is 2.19. The molecule has 0 radical (unpaired) electrons. The minimum Gasteiger partial charge on any atom is -0.356 e. The van der Waals surface area contributed by atoms with E-state index in [1.807, 2.05) is 21.1 Å². The number of likely N-dealkylation sites (tertiary alicyclic amines) is 1. The van der Waals surface area contributed by atoms with Crippen LogP contribution >= 0.6 is 0 Å². The number of hydrogen-bond acceptors (Lipinski definition) is 4. The zero-order valence-corrected chi connectivity index (χ0v) is 15.0. The van der Waals surface area contributed by atoms with E-state index < -0.39 is 0 Å². The van der Waals surface area contributed by atoms with Crippen molar-refractivity contribution in [2.75, 3.05) is 40.3 Å². The van der Waals surface area contributed by atoms with Crippen molar-refractivity contribution in [3.8, 4) is 0 Å². The molecule has 0 aromatic carbocycles. The Balaban J connectivity index is 1.72. The van der Waals surface area contributed by atoms with Crippen LogP contribution in [0.1, 0.15) is 32.0 Å². The molecule has 0 unspecified atom stereocenters. The van der Waals surface area contributed by atoms with Crippen LogP contribution in [0.5, 0.6) is 0 Å². The van der Waals surface area contributed by atoms with E-state index in [9.17, 15) is 0 Å². The Kier molecular flexibility index (Phi) is 6.83. The minimum absolute atomic E-state index is 0.699. The first-order valence-electron chi connectivity index (χ1n) is 8.61. The topological polar surface area (TPSA) is 61.6 Å². The Hall–Kier alpha value is -1.63.